The van der Waals surface area contributed by atoms with Crippen molar-refractivity contribution < 1.29 is 14.5 Å². The van der Waals surface area contributed by atoms with E-state index in [9.17, 15) is 19.7 Å². The Hall–Kier alpha value is -2.16. The number of carbonyl (C=O) groups is 2. The molecule has 2 fully saturated rings. The van der Waals surface area contributed by atoms with Crippen LogP contribution in [0, 0.1) is 10.1 Å². The fourth-order valence-electron chi connectivity index (χ4n) is 3.08. The molecule has 0 saturated carbocycles. The van der Waals surface area contributed by atoms with Gasteiger partial charge in [0.1, 0.15) is 0 Å². The highest BCUT2D eigenvalue weighted by Crippen LogP contribution is 2.25. The number of nitrogens with zero attached hydrogens (tertiary/aromatic N) is 4. The third-order valence-electron chi connectivity index (χ3n) is 4.45. The summed E-state index contributed by atoms with van der Waals surface area (Å²) in [5.74, 6) is -0.196. The van der Waals surface area contributed by atoms with Crippen molar-refractivity contribution in [1.29, 1.82) is 0 Å². The predicted octanol–water partition coefficient (Wildman–Crippen LogP) is 2.02. The van der Waals surface area contributed by atoms with E-state index >= 15 is 0 Å². The summed E-state index contributed by atoms with van der Waals surface area (Å²) in [4.78, 5) is 40.8. The van der Waals surface area contributed by atoms with Gasteiger partial charge >= 0.3 is 11.0 Å². The number of nitro groups is 1. The molecule has 8 nitrogen and oxygen atoms in total. The summed E-state index contributed by atoms with van der Waals surface area (Å²) in [5.41, 5.74) is 0. The Morgan fingerprint density at radius 2 is 1.50 bits per heavy atom. The van der Waals surface area contributed by atoms with Gasteiger partial charge in [0.05, 0.1) is 9.80 Å². The monoisotopic (exact) mass is 352 g/mol. The molecule has 0 aromatic carbocycles. The normalized spacial score (nSPS) is 18.6. The molecule has 2 aliphatic heterocycles. The largest absolute Gasteiger partial charge is 0.334 e. The molecule has 1 aromatic rings. The van der Waals surface area contributed by atoms with Crippen LogP contribution in [-0.4, -0.2) is 70.8 Å². The van der Waals surface area contributed by atoms with Crippen LogP contribution in [0.15, 0.2) is 12.1 Å². The summed E-state index contributed by atoms with van der Waals surface area (Å²) in [6.07, 6.45) is 3.29. The summed E-state index contributed by atoms with van der Waals surface area (Å²) >= 11 is 0.893. The van der Waals surface area contributed by atoms with Crippen LogP contribution >= 0.6 is 11.3 Å². The van der Waals surface area contributed by atoms with Gasteiger partial charge in [0.25, 0.3) is 5.91 Å². The molecule has 0 atom stereocenters. The van der Waals surface area contributed by atoms with Crippen molar-refractivity contribution in [1.82, 2.24) is 14.7 Å². The van der Waals surface area contributed by atoms with Gasteiger partial charge in [-0.3, -0.25) is 14.9 Å². The first-order valence-electron chi connectivity index (χ1n) is 8.13. The Bertz CT molecular complexity index is 633. The molecule has 0 aliphatic carbocycles. The number of piperidine rings is 1. The zero-order chi connectivity index (χ0) is 17.1. The lowest BCUT2D eigenvalue weighted by molar-refractivity contribution is -0.380. The minimum Gasteiger partial charge on any atom is -0.334 e. The zero-order valence-electron chi connectivity index (χ0n) is 13.3. The molecule has 0 bridgehead atoms. The first-order chi connectivity index (χ1) is 11.6. The Kier molecular flexibility index (Phi) is 4.98. The van der Waals surface area contributed by atoms with Crippen LogP contribution in [0.5, 0.6) is 0 Å². The smallest absolute Gasteiger partial charge is 0.324 e. The molecule has 2 saturated heterocycles. The van der Waals surface area contributed by atoms with Gasteiger partial charge in [0.15, 0.2) is 0 Å². The van der Waals surface area contributed by atoms with Gasteiger partial charge in [0.2, 0.25) is 0 Å². The third kappa shape index (κ3) is 3.50. The average Bonchev–Trinajstić information content (AvgIpc) is 3.12. The van der Waals surface area contributed by atoms with Crippen LogP contribution in [0.1, 0.15) is 28.9 Å². The van der Waals surface area contributed by atoms with Gasteiger partial charge in [-0.05, 0) is 25.3 Å². The topological polar surface area (TPSA) is 87.0 Å². The Labute approximate surface area is 143 Å². The van der Waals surface area contributed by atoms with Gasteiger partial charge in [-0.25, -0.2) is 4.79 Å². The minimum atomic E-state index is -0.489. The van der Waals surface area contributed by atoms with Crippen molar-refractivity contribution in [3.63, 3.8) is 0 Å². The Morgan fingerprint density at radius 3 is 2.08 bits per heavy atom. The van der Waals surface area contributed by atoms with E-state index in [0.717, 1.165) is 37.3 Å². The van der Waals surface area contributed by atoms with E-state index in [0.29, 0.717) is 31.1 Å². The quantitative estimate of drug-likeness (QED) is 0.602. The molecule has 0 N–H and O–H groups in total. The van der Waals surface area contributed by atoms with Gasteiger partial charge < -0.3 is 14.7 Å². The molecule has 3 rings (SSSR count). The number of carbonyl (C=O) groups excluding carboxylic acids is 2. The average molecular weight is 352 g/mol. The van der Waals surface area contributed by atoms with Crippen molar-refractivity contribution >= 4 is 28.3 Å². The van der Waals surface area contributed by atoms with E-state index < -0.39 is 4.92 Å². The standard InChI is InChI=1S/C15H20N4O4S/c20-14(12-4-5-13(24-12)19(22)23)16-8-10-18(11-9-16)15(21)17-6-2-1-3-7-17/h4-5H,1-3,6-11H2. The second-order valence-corrected chi connectivity index (χ2v) is 7.07. The van der Waals surface area contributed by atoms with E-state index in [4.69, 9.17) is 0 Å². The predicted molar refractivity (Wildman–Crippen MR) is 89.3 cm³/mol. The number of likely N-dealkylation sites (tertiary alicyclic amines) is 1. The molecular formula is C15H20N4O4S. The fraction of sp³-hybridized carbons (Fsp3) is 0.600. The number of thiophene rings is 1. The number of piperazine rings is 1. The van der Waals surface area contributed by atoms with Crippen LogP contribution in [0.25, 0.3) is 0 Å². The minimum absolute atomic E-state index is 0.0303. The van der Waals surface area contributed by atoms with Crippen LogP contribution < -0.4 is 0 Å². The van der Waals surface area contributed by atoms with Crippen molar-refractivity contribution in [2.75, 3.05) is 39.3 Å². The lowest BCUT2D eigenvalue weighted by atomic mass is 10.1. The molecular weight excluding hydrogens is 332 g/mol. The summed E-state index contributed by atoms with van der Waals surface area (Å²) in [5, 5.41) is 10.7. The van der Waals surface area contributed by atoms with Gasteiger partial charge in [-0.2, -0.15) is 0 Å². The van der Waals surface area contributed by atoms with Crippen molar-refractivity contribution in [3.8, 4) is 0 Å². The van der Waals surface area contributed by atoms with E-state index in [1.807, 2.05) is 4.90 Å². The number of hydrogen-bond donors (Lipinski definition) is 0. The second-order valence-electron chi connectivity index (χ2n) is 6.00. The van der Waals surface area contributed by atoms with Crippen LogP contribution in [0.2, 0.25) is 0 Å². The number of urea groups is 1. The summed E-state index contributed by atoms with van der Waals surface area (Å²) in [6.45, 7) is 3.57. The molecule has 9 heteroatoms. The van der Waals surface area contributed by atoms with Crippen LogP contribution in [0.4, 0.5) is 9.80 Å². The van der Waals surface area contributed by atoms with E-state index in [-0.39, 0.29) is 16.9 Å². The SMILES string of the molecule is O=C(c1ccc([N+](=O)[O-])s1)N1CCN(C(=O)N2CCCCC2)CC1. The van der Waals surface area contributed by atoms with Gasteiger partial charge in [-0.15, -0.1) is 0 Å². The lowest BCUT2D eigenvalue weighted by Crippen LogP contribution is -2.54. The molecule has 3 heterocycles. The molecule has 130 valence electrons. The zero-order valence-corrected chi connectivity index (χ0v) is 14.2. The highest BCUT2D eigenvalue weighted by molar-refractivity contribution is 7.17. The van der Waals surface area contributed by atoms with Crippen molar-refractivity contribution in [2.24, 2.45) is 0 Å². The Balaban J connectivity index is 1.55. The molecule has 0 unspecified atom stereocenters. The maximum Gasteiger partial charge on any atom is 0.324 e. The van der Waals surface area contributed by atoms with Crippen molar-refractivity contribution in [2.45, 2.75) is 19.3 Å². The summed E-state index contributed by atoms with van der Waals surface area (Å²) in [6, 6.07) is 2.92. The van der Waals surface area contributed by atoms with Crippen molar-refractivity contribution in [3.05, 3.63) is 27.1 Å². The molecule has 3 amide bonds. The second kappa shape index (κ2) is 7.16. The molecule has 1 aromatic heterocycles. The number of hydrogen-bond acceptors (Lipinski definition) is 5. The highest BCUT2D eigenvalue weighted by atomic mass is 32.1. The molecule has 0 radical (unpaired) electrons. The summed E-state index contributed by atoms with van der Waals surface area (Å²) in [7, 11) is 0. The number of rotatable bonds is 2. The lowest BCUT2D eigenvalue weighted by Gasteiger charge is -2.38. The molecule has 2 aliphatic rings. The Morgan fingerprint density at radius 1 is 0.917 bits per heavy atom. The highest BCUT2D eigenvalue weighted by Gasteiger charge is 2.29. The number of amides is 3. The van der Waals surface area contributed by atoms with Gasteiger partial charge in [-0.1, -0.05) is 11.3 Å². The van der Waals surface area contributed by atoms with Crippen LogP contribution in [-0.2, 0) is 0 Å². The van der Waals surface area contributed by atoms with E-state index in [1.165, 1.54) is 18.6 Å². The third-order valence-corrected chi connectivity index (χ3v) is 5.47. The first-order valence-corrected chi connectivity index (χ1v) is 8.95. The summed E-state index contributed by atoms with van der Waals surface area (Å²) < 4.78 is 0. The maximum atomic E-state index is 12.5. The van der Waals surface area contributed by atoms with E-state index in [2.05, 4.69) is 0 Å². The molecule has 24 heavy (non-hydrogen) atoms. The van der Waals surface area contributed by atoms with E-state index in [1.54, 1.807) is 9.80 Å². The first kappa shape index (κ1) is 16.7. The fourth-order valence-corrected chi connectivity index (χ4v) is 3.87. The molecule has 0 spiro atoms. The maximum absolute atomic E-state index is 12.5. The van der Waals surface area contributed by atoms with Crippen LogP contribution in [0.3, 0.4) is 0 Å². The van der Waals surface area contributed by atoms with Gasteiger partial charge in [0, 0.05) is 45.3 Å².